The van der Waals surface area contributed by atoms with E-state index in [4.69, 9.17) is 0 Å². The van der Waals surface area contributed by atoms with E-state index >= 15 is 0 Å². The lowest BCUT2D eigenvalue weighted by molar-refractivity contribution is -0.121. The van der Waals surface area contributed by atoms with Crippen LogP contribution in [0.2, 0.25) is 0 Å². The molecular weight excluding hydrogens is 225 g/mol. The van der Waals surface area contributed by atoms with Crippen LogP contribution in [0.25, 0.3) is 0 Å². The normalized spacial score (nSPS) is 17.2. The number of hydrogen-bond donors (Lipinski definition) is 2. The van der Waals surface area contributed by atoms with E-state index in [0.29, 0.717) is 6.54 Å². The molecule has 1 fully saturated rings. The van der Waals surface area contributed by atoms with Gasteiger partial charge in [0.05, 0.1) is 6.54 Å². The minimum Gasteiger partial charge on any atom is -0.358 e. The lowest BCUT2D eigenvalue weighted by atomic mass is 10.4. The molecule has 1 aliphatic rings. The van der Waals surface area contributed by atoms with E-state index in [0.717, 1.165) is 32.6 Å². The highest BCUT2D eigenvalue weighted by atomic mass is 35.5. The Morgan fingerprint density at radius 2 is 2.07 bits per heavy atom. The van der Waals surface area contributed by atoms with Crippen molar-refractivity contribution in [3.63, 3.8) is 0 Å². The maximum atomic E-state index is 11.0. The van der Waals surface area contributed by atoms with E-state index in [1.54, 1.807) is 7.05 Å². The molecule has 0 unspecified atom stereocenters. The molecule has 0 aromatic rings. The Hall–Kier alpha value is -0.0300. The van der Waals surface area contributed by atoms with E-state index in [-0.39, 0.29) is 30.7 Å². The first-order valence-corrected chi connectivity index (χ1v) is 4.46. The van der Waals surface area contributed by atoms with Gasteiger partial charge >= 0.3 is 0 Å². The number of nitrogens with zero attached hydrogens (tertiary/aromatic N) is 1. The Balaban J connectivity index is 0. The van der Waals surface area contributed by atoms with E-state index in [1.807, 2.05) is 0 Å². The smallest absolute Gasteiger partial charge is 0.233 e. The molecule has 0 radical (unpaired) electrons. The van der Waals surface area contributed by atoms with Gasteiger partial charge in [-0.15, -0.1) is 24.8 Å². The minimum atomic E-state index is 0. The number of carbonyl (C=O) groups excluding carboxylic acids is 1. The molecular formula is C8H19Cl2N3O. The molecule has 1 saturated heterocycles. The summed E-state index contributed by atoms with van der Waals surface area (Å²) in [5.74, 6) is 0.108. The Bertz CT molecular complexity index is 150. The number of amides is 1. The van der Waals surface area contributed by atoms with Gasteiger partial charge in [-0.3, -0.25) is 9.69 Å². The first-order valence-electron chi connectivity index (χ1n) is 4.46. The summed E-state index contributed by atoms with van der Waals surface area (Å²) in [5.41, 5.74) is 0. The first-order chi connectivity index (χ1) is 5.83. The van der Waals surface area contributed by atoms with Crippen LogP contribution < -0.4 is 10.6 Å². The second kappa shape index (κ2) is 9.52. The molecule has 0 spiro atoms. The van der Waals surface area contributed by atoms with Gasteiger partial charge in [-0.1, -0.05) is 0 Å². The minimum absolute atomic E-state index is 0. The Labute approximate surface area is 97.6 Å². The van der Waals surface area contributed by atoms with E-state index in [2.05, 4.69) is 15.5 Å². The van der Waals surface area contributed by atoms with Crippen molar-refractivity contribution in [1.29, 1.82) is 0 Å². The fraction of sp³-hybridized carbons (Fsp3) is 0.875. The summed E-state index contributed by atoms with van der Waals surface area (Å²) in [6, 6.07) is 0. The lowest BCUT2D eigenvalue weighted by Crippen LogP contribution is -2.37. The molecule has 0 bridgehead atoms. The molecule has 0 saturated carbocycles. The monoisotopic (exact) mass is 243 g/mol. The van der Waals surface area contributed by atoms with Gasteiger partial charge in [0.1, 0.15) is 0 Å². The lowest BCUT2D eigenvalue weighted by Gasteiger charge is -2.17. The largest absolute Gasteiger partial charge is 0.358 e. The van der Waals surface area contributed by atoms with Crippen molar-refractivity contribution in [3.05, 3.63) is 0 Å². The van der Waals surface area contributed by atoms with Crippen molar-refractivity contribution >= 4 is 30.7 Å². The molecule has 1 amide bonds. The van der Waals surface area contributed by atoms with Crippen LogP contribution >= 0.6 is 24.8 Å². The molecule has 1 heterocycles. The summed E-state index contributed by atoms with van der Waals surface area (Å²) in [7, 11) is 1.68. The van der Waals surface area contributed by atoms with Gasteiger partial charge < -0.3 is 10.6 Å². The molecule has 1 rings (SSSR count). The van der Waals surface area contributed by atoms with Crippen molar-refractivity contribution in [2.75, 3.05) is 39.8 Å². The van der Waals surface area contributed by atoms with Crippen LogP contribution in [0.1, 0.15) is 6.42 Å². The van der Waals surface area contributed by atoms with Crippen molar-refractivity contribution < 1.29 is 4.79 Å². The number of halogens is 2. The molecule has 6 heteroatoms. The van der Waals surface area contributed by atoms with Crippen LogP contribution in [0.3, 0.4) is 0 Å². The molecule has 0 atom stereocenters. The number of likely N-dealkylation sites (N-methyl/N-ethyl adjacent to an activating group) is 1. The van der Waals surface area contributed by atoms with E-state index in [1.165, 1.54) is 0 Å². The van der Waals surface area contributed by atoms with Crippen molar-refractivity contribution in [2.45, 2.75) is 6.42 Å². The van der Waals surface area contributed by atoms with Crippen molar-refractivity contribution in [1.82, 2.24) is 15.5 Å². The van der Waals surface area contributed by atoms with Crippen LogP contribution in [-0.2, 0) is 4.79 Å². The van der Waals surface area contributed by atoms with Gasteiger partial charge in [0.15, 0.2) is 0 Å². The highest BCUT2D eigenvalue weighted by molar-refractivity contribution is 5.85. The SMILES string of the molecule is CNC(=O)CN1CCCNCC1.Cl.Cl. The molecule has 2 N–H and O–H groups in total. The van der Waals surface area contributed by atoms with Gasteiger partial charge in [0, 0.05) is 20.1 Å². The number of hydrogen-bond acceptors (Lipinski definition) is 3. The zero-order valence-electron chi connectivity index (χ0n) is 8.41. The van der Waals surface area contributed by atoms with E-state index in [9.17, 15) is 4.79 Å². The second-order valence-electron chi connectivity index (χ2n) is 3.05. The van der Waals surface area contributed by atoms with Crippen LogP contribution in [0, 0.1) is 0 Å². The molecule has 0 aliphatic carbocycles. The van der Waals surface area contributed by atoms with Gasteiger partial charge in [-0.2, -0.15) is 0 Å². The van der Waals surface area contributed by atoms with Crippen LogP contribution in [0.4, 0.5) is 0 Å². The Morgan fingerprint density at radius 3 is 2.71 bits per heavy atom. The zero-order valence-corrected chi connectivity index (χ0v) is 10.0. The summed E-state index contributed by atoms with van der Waals surface area (Å²) in [4.78, 5) is 13.2. The van der Waals surface area contributed by atoms with Crippen LogP contribution in [0.15, 0.2) is 0 Å². The molecule has 0 aromatic carbocycles. The van der Waals surface area contributed by atoms with E-state index < -0.39 is 0 Å². The summed E-state index contributed by atoms with van der Waals surface area (Å²) in [6.07, 6.45) is 1.14. The van der Waals surface area contributed by atoms with Gasteiger partial charge in [-0.25, -0.2) is 0 Å². The average Bonchev–Trinajstić information content (AvgIpc) is 2.33. The maximum absolute atomic E-state index is 11.0. The molecule has 86 valence electrons. The van der Waals surface area contributed by atoms with Crippen LogP contribution in [0.5, 0.6) is 0 Å². The van der Waals surface area contributed by atoms with Crippen LogP contribution in [-0.4, -0.2) is 50.6 Å². The summed E-state index contributed by atoms with van der Waals surface area (Å²) >= 11 is 0. The van der Waals surface area contributed by atoms with Gasteiger partial charge in [0.2, 0.25) is 5.91 Å². The predicted molar refractivity (Wildman–Crippen MR) is 62.5 cm³/mol. The summed E-state index contributed by atoms with van der Waals surface area (Å²) in [5, 5.41) is 5.93. The van der Waals surface area contributed by atoms with Crippen molar-refractivity contribution in [2.24, 2.45) is 0 Å². The third-order valence-corrected chi connectivity index (χ3v) is 2.08. The topological polar surface area (TPSA) is 44.4 Å². The summed E-state index contributed by atoms with van der Waals surface area (Å²) in [6.45, 7) is 4.62. The number of rotatable bonds is 2. The van der Waals surface area contributed by atoms with Crippen molar-refractivity contribution in [3.8, 4) is 0 Å². The van der Waals surface area contributed by atoms with Gasteiger partial charge in [-0.05, 0) is 19.5 Å². The maximum Gasteiger partial charge on any atom is 0.233 e. The Kier molecular flexibility index (Phi) is 11.2. The average molecular weight is 244 g/mol. The highest BCUT2D eigenvalue weighted by Crippen LogP contribution is 1.93. The number of nitrogens with one attached hydrogen (secondary N) is 2. The molecule has 0 aromatic heterocycles. The third kappa shape index (κ3) is 6.43. The zero-order chi connectivity index (χ0) is 8.81. The fourth-order valence-electron chi connectivity index (χ4n) is 1.34. The van der Waals surface area contributed by atoms with Gasteiger partial charge in [0.25, 0.3) is 0 Å². The second-order valence-corrected chi connectivity index (χ2v) is 3.05. The Morgan fingerprint density at radius 1 is 1.36 bits per heavy atom. The quantitative estimate of drug-likeness (QED) is 0.711. The standard InChI is InChI=1S/C8H17N3O.2ClH/c1-9-8(12)7-11-5-2-3-10-4-6-11;;/h10H,2-7H2,1H3,(H,9,12);2*1H. The highest BCUT2D eigenvalue weighted by Gasteiger charge is 2.10. The third-order valence-electron chi connectivity index (χ3n) is 2.08. The fourth-order valence-corrected chi connectivity index (χ4v) is 1.34. The molecule has 1 aliphatic heterocycles. The number of carbonyl (C=O) groups is 1. The predicted octanol–water partition coefficient (Wildman–Crippen LogP) is -0.129. The molecule has 14 heavy (non-hydrogen) atoms. The summed E-state index contributed by atoms with van der Waals surface area (Å²) < 4.78 is 0. The molecule has 4 nitrogen and oxygen atoms in total. The first kappa shape index (κ1) is 16.4.